The second-order valence-electron chi connectivity index (χ2n) is 10.2. The number of nitrogen functional groups attached to an aromatic ring is 1. The first-order valence-electron chi connectivity index (χ1n) is 12.2. The molecule has 1 aliphatic carbocycles. The maximum Gasteiger partial charge on any atom is 0.481 e. The summed E-state index contributed by atoms with van der Waals surface area (Å²) in [7, 11) is -5.37. The van der Waals surface area contributed by atoms with E-state index >= 15 is 4.39 Å². The van der Waals surface area contributed by atoms with Crippen LogP contribution in [0.5, 0.6) is 0 Å². The zero-order valence-electron chi connectivity index (χ0n) is 21.4. The Morgan fingerprint density at radius 2 is 2.00 bits per heavy atom. The van der Waals surface area contributed by atoms with Crippen LogP contribution in [0.2, 0.25) is 0 Å². The van der Waals surface area contributed by atoms with Crippen LogP contribution in [0.3, 0.4) is 0 Å². The molecule has 3 fully saturated rings. The standard InChI is InChI=1S/C20H28F2N4O12P2S2/c1-19(22)15(23)8(35-16(19)6-4-42-14-11(6)25-5-26-17(14)24)3-34-40(33,41)38-39(31,32)37-18-10-13(29)12(28)9(7(21)2-27)20(10,30)36-18/h4-5,7-10,12-13,15-16,18,27-30H,2-3,23H2,1H3,(H,31,32)(H,33,41)(H2,24,25,26)/t7-,8+,9?,10?,12?,13?,15+,16-,18?,19+,20?,40?/m0/s1. The number of thiophene rings is 1. The van der Waals surface area contributed by atoms with Crippen LogP contribution in [0, 0.1) is 11.8 Å². The van der Waals surface area contributed by atoms with Crippen molar-refractivity contribution in [3.8, 4) is 0 Å². The van der Waals surface area contributed by atoms with Crippen LogP contribution in [-0.4, -0.2) is 102 Å². The molecule has 0 amide bonds. The number of alkyl halides is 2. The van der Waals surface area contributed by atoms with Gasteiger partial charge < -0.3 is 55.7 Å². The van der Waals surface area contributed by atoms with E-state index in [-0.39, 0.29) is 5.82 Å². The lowest BCUT2D eigenvalue weighted by atomic mass is 9.87. The number of nitrogens with zero attached hydrogens (tertiary/aromatic N) is 2. The number of hydrogen-bond donors (Lipinski definition) is 8. The minimum absolute atomic E-state index is 0.194. The number of aromatic nitrogens is 2. The van der Waals surface area contributed by atoms with E-state index in [0.29, 0.717) is 15.8 Å². The summed E-state index contributed by atoms with van der Waals surface area (Å²) in [6, 6.07) is -1.33. The molecule has 0 bridgehead atoms. The first-order chi connectivity index (χ1) is 19.4. The third-order valence-corrected chi connectivity index (χ3v) is 12.1. The Hall–Kier alpha value is -0.900. The fraction of sp³-hybridized carbons (Fsp3) is 0.700. The summed E-state index contributed by atoms with van der Waals surface area (Å²) >= 11 is 5.95. The Morgan fingerprint density at radius 1 is 1.31 bits per heavy atom. The minimum atomic E-state index is -5.37. The predicted octanol–water partition coefficient (Wildman–Crippen LogP) is -0.521. The van der Waals surface area contributed by atoms with Gasteiger partial charge in [0.1, 0.15) is 30.5 Å². The molecule has 2 aliphatic heterocycles. The molecule has 2 saturated heterocycles. The number of anilines is 1. The number of fused-ring (bicyclic) bond motifs is 2. The fourth-order valence-corrected chi connectivity index (χ4v) is 9.54. The Morgan fingerprint density at radius 3 is 2.67 bits per heavy atom. The van der Waals surface area contributed by atoms with Crippen molar-refractivity contribution in [2.75, 3.05) is 18.9 Å². The third kappa shape index (κ3) is 5.44. The number of phosphoric acid groups is 1. The number of aliphatic hydroxyl groups is 4. The smallest absolute Gasteiger partial charge is 0.393 e. The second-order valence-corrected chi connectivity index (χ2v) is 15.5. The number of rotatable bonds is 10. The van der Waals surface area contributed by atoms with Gasteiger partial charge in [0.15, 0.2) is 17.7 Å². The minimum Gasteiger partial charge on any atom is -0.393 e. The van der Waals surface area contributed by atoms with Crippen molar-refractivity contribution in [3.05, 3.63) is 17.3 Å². The normalized spacial score (nSPS) is 41.7. The van der Waals surface area contributed by atoms with Crippen molar-refractivity contribution in [2.24, 2.45) is 17.6 Å². The van der Waals surface area contributed by atoms with Crippen molar-refractivity contribution >= 4 is 53.7 Å². The zero-order valence-corrected chi connectivity index (χ0v) is 24.8. The van der Waals surface area contributed by atoms with Gasteiger partial charge in [-0.3, -0.25) is 4.52 Å². The number of hydrogen-bond acceptors (Lipinski definition) is 16. The summed E-state index contributed by atoms with van der Waals surface area (Å²) in [5.74, 6) is -5.79. The number of ether oxygens (including phenoxy) is 2. The summed E-state index contributed by atoms with van der Waals surface area (Å²) in [6.45, 7) is -5.23. The highest BCUT2D eigenvalue weighted by molar-refractivity contribution is 8.08. The van der Waals surface area contributed by atoms with E-state index in [1.165, 1.54) is 24.6 Å². The Bertz CT molecular complexity index is 1440. The van der Waals surface area contributed by atoms with Crippen LogP contribution in [0.1, 0.15) is 18.6 Å². The lowest BCUT2D eigenvalue weighted by Crippen LogP contribution is -2.64. The molecule has 2 aromatic heterocycles. The maximum atomic E-state index is 15.8. The quantitative estimate of drug-likeness (QED) is 0.147. The molecular formula is C20H28F2N4O12P2S2. The zero-order chi connectivity index (χ0) is 31.0. The van der Waals surface area contributed by atoms with E-state index in [1.54, 1.807) is 5.38 Å². The van der Waals surface area contributed by atoms with Crippen LogP contribution in [0.4, 0.5) is 14.6 Å². The summed E-state index contributed by atoms with van der Waals surface area (Å²) < 4.78 is 68.2. The molecule has 236 valence electrons. The van der Waals surface area contributed by atoms with Gasteiger partial charge in [-0.15, -0.1) is 11.3 Å². The summed E-state index contributed by atoms with van der Waals surface area (Å²) in [6.07, 6.45) is -9.19. The Kier molecular flexibility index (Phi) is 8.64. The molecule has 0 aromatic carbocycles. The summed E-state index contributed by atoms with van der Waals surface area (Å²) in [5.41, 5.74) is 10.5. The monoisotopic (exact) mass is 680 g/mol. The molecule has 1 saturated carbocycles. The van der Waals surface area contributed by atoms with Crippen LogP contribution < -0.4 is 11.5 Å². The highest BCUT2D eigenvalue weighted by atomic mass is 32.5. The maximum absolute atomic E-state index is 15.8. The molecule has 2 aromatic rings. The van der Waals surface area contributed by atoms with E-state index < -0.39 is 94.0 Å². The first kappa shape index (κ1) is 32.5. The van der Waals surface area contributed by atoms with Crippen molar-refractivity contribution in [1.29, 1.82) is 0 Å². The van der Waals surface area contributed by atoms with Gasteiger partial charge in [0.25, 0.3) is 0 Å². The Labute approximate surface area is 245 Å². The van der Waals surface area contributed by atoms with Gasteiger partial charge >= 0.3 is 14.5 Å². The third-order valence-electron chi connectivity index (χ3n) is 7.62. The first-order valence-corrected chi connectivity index (χ1v) is 17.2. The lowest BCUT2D eigenvalue weighted by Gasteiger charge is -2.49. The molecule has 22 heteroatoms. The molecule has 4 heterocycles. The molecule has 13 atom stereocenters. The molecule has 5 rings (SSSR count). The van der Waals surface area contributed by atoms with Crippen molar-refractivity contribution in [3.63, 3.8) is 0 Å². The topological polar surface area (TPSA) is 262 Å². The highest BCUT2D eigenvalue weighted by Gasteiger charge is 2.74. The van der Waals surface area contributed by atoms with Crippen LogP contribution in [-0.2, 0) is 39.2 Å². The van der Waals surface area contributed by atoms with Crippen LogP contribution in [0.15, 0.2) is 11.7 Å². The molecule has 10 N–H and O–H groups in total. The number of phosphoric ester groups is 1. The molecule has 42 heavy (non-hydrogen) atoms. The SMILES string of the molecule is C[C@@]1(F)[C@H](N)[C@@H](COP(O)(=S)OP(=O)(O)OC2OC3(O)C2C(O)C(O)C3[C@@H](F)CO)O[C@H]1c1csc2c(N)ncnc12. The molecule has 0 radical (unpaired) electrons. The number of halogens is 2. The van der Waals surface area contributed by atoms with Gasteiger partial charge in [0.2, 0.25) is 0 Å². The van der Waals surface area contributed by atoms with Gasteiger partial charge in [0.05, 0.1) is 53.5 Å². The van der Waals surface area contributed by atoms with Crippen molar-refractivity contribution in [2.45, 2.75) is 61.3 Å². The van der Waals surface area contributed by atoms with Gasteiger partial charge in [-0.05, 0) is 24.1 Å². The van der Waals surface area contributed by atoms with Gasteiger partial charge in [-0.25, -0.2) is 27.6 Å². The average molecular weight is 681 g/mol. The molecule has 8 unspecified atom stereocenters. The lowest BCUT2D eigenvalue weighted by molar-refractivity contribution is -0.426. The average Bonchev–Trinajstić information content (AvgIpc) is 3.44. The Balaban J connectivity index is 1.22. The van der Waals surface area contributed by atoms with E-state index in [2.05, 4.69) is 14.3 Å². The van der Waals surface area contributed by atoms with Crippen molar-refractivity contribution in [1.82, 2.24) is 9.97 Å². The van der Waals surface area contributed by atoms with Gasteiger partial charge in [0, 0.05) is 5.56 Å². The van der Waals surface area contributed by atoms with E-state index in [9.17, 15) is 34.1 Å². The molecular weight excluding hydrogens is 652 g/mol. The largest absolute Gasteiger partial charge is 0.481 e. The highest BCUT2D eigenvalue weighted by Crippen LogP contribution is 2.65. The van der Waals surface area contributed by atoms with Crippen molar-refractivity contribution < 1.29 is 66.4 Å². The predicted molar refractivity (Wildman–Crippen MR) is 142 cm³/mol. The van der Waals surface area contributed by atoms with E-state index in [4.69, 9.17) is 46.9 Å². The second kappa shape index (κ2) is 11.2. The fourth-order valence-electron chi connectivity index (χ4n) is 5.51. The number of nitrogens with two attached hydrogens (primary N) is 2. The number of aliphatic hydroxyl groups excluding tert-OH is 3. The van der Waals surface area contributed by atoms with Crippen LogP contribution >= 0.6 is 25.9 Å². The molecule has 16 nitrogen and oxygen atoms in total. The van der Waals surface area contributed by atoms with Gasteiger partial charge in [-0.2, -0.15) is 0 Å². The summed E-state index contributed by atoms with van der Waals surface area (Å²) in [4.78, 5) is 28.6. The summed E-state index contributed by atoms with van der Waals surface area (Å²) in [5, 5.41) is 41.5. The van der Waals surface area contributed by atoms with Crippen LogP contribution in [0.25, 0.3) is 10.2 Å². The van der Waals surface area contributed by atoms with E-state index in [0.717, 1.165) is 0 Å². The molecule has 0 spiro atoms. The molecule has 3 aliphatic rings. The van der Waals surface area contributed by atoms with Gasteiger partial charge in [-0.1, -0.05) is 0 Å². The van der Waals surface area contributed by atoms with E-state index in [1.807, 2.05) is 0 Å².